The Hall–Kier alpha value is -1.44. The molecule has 0 bridgehead atoms. The van der Waals surface area contributed by atoms with E-state index >= 15 is 0 Å². The fraction of sp³-hybridized carbons (Fsp3) is 0.308. The molecule has 0 saturated carbocycles. The monoisotopic (exact) mass is 311 g/mol. The molecule has 0 aliphatic rings. The number of benzene rings is 1. The van der Waals surface area contributed by atoms with E-state index in [0.29, 0.717) is 17.2 Å². The van der Waals surface area contributed by atoms with Crippen LogP contribution < -0.4 is 10.5 Å². The van der Waals surface area contributed by atoms with Crippen molar-refractivity contribution in [2.45, 2.75) is 26.1 Å². The largest absolute Gasteiger partial charge is 0.326 e. The van der Waals surface area contributed by atoms with Gasteiger partial charge in [0.2, 0.25) is 10.0 Å². The first-order valence-corrected chi connectivity index (χ1v) is 8.59. The zero-order valence-corrected chi connectivity index (χ0v) is 13.0. The number of anilines is 1. The molecule has 0 atom stereocenters. The van der Waals surface area contributed by atoms with Crippen molar-refractivity contribution in [3.05, 3.63) is 46.0 Å². The van der Waals surface area contributed by atoms with Crippen LogP contribution in [0.5, 0.6) is 0 Å². The third-order valence-electron chi connectivity index (χ3n) is 2.86. The van der Waals surface area contributed by atoms with Crippen molar-refractivity contribution in [1.82, 2.24) is 4.98 Å². The lowest BCUT2D eigenvalue weighted by molar-refractivity contribution is 0.600. The highest BCUT2D eigenvalue weighted by molar-refractivity contribution is 7.92. The van der Waals surface area contributed by atoms with E-state index in [0.717, 1.165) is 16.1 Å². The van der Waals surface area contributed by atoms with Crippen LogP contribution in [0.3, 0.4) is 0 Å². The Bertz CT molecular complexity index is 689. The fourth-order valence-corrected chi connectivity index (χ4v) is 3.97. The van der Waals surface area contributed by atoms with E-state index in [9.17, 15) is 8.42 Å². The Morgan fingerprint density at radius 3 is 2.60 bits per heavy atom. The summed E-state index contributed by atoms with van der Waals surface area (Å²) in [6.07, 6.45) is 0. The fourth-order valence-electron chi connectivity index (χ4n) is 1.75. The third-order valence-corrected chi connectivity index (χ3v) is 5.19. The summed E-state index contributed by atoms with van der Waals surface area (Å²) in [5, 5.41) is 0.412. The van der Waals surface area contributed by atoms with E-state index in [1.807, 2.05) is 26.0 Å². The van der Waals surface area contributed by atoms with E-state index in [1.165, 1.54) is 11.3 Å². The lowest BCUT2D eigenvalue weighted by atomic mass is 10.1. The minimum atomic E-state index is -3.46. The van der Waals surface area contributed by atoms with Crippen molar-refractivity contribution >= 4 is 26.5 Å². The molecule has 0 radical (unpaired) electrons. The molecule has 1 aromatic carbocycles. The van der Waals surface area contributed by atoms with Gasteiger partial charge in [0.05, 0.1) is 11.4 Å². The molecule has 0 aliphatic heterocycles. The normalized spacial score (nSPS) is 11.6. The first-order valence-electron chi connectivity index (χ1n) is 6.12. The molecule has 0 saturated heterocycles. The average molecular weight is 311 g/mol. The maximum Gasteiger partial charge on any atom is 0.238 e. The second-order valence-electron chi connectivity index (χ2n) is 4.55. The van der Waals surface area contributed by atoms with Gasteiger partial charge >= 0.3 is 0 Å². The van der Waals surface area contributed by atoms with Crippen LogP contribution in [0, 0.1) is 13.8 Å². The molecule has 5 nitrogen and oxygen atoms in total. The van der Waals surface area contributed by atoms with Gasteiger partial charge in [-0.25, -0.2) is 13.4 Å². The predicted octanol–water partition coefficient (Wildman–Crippen LogP) is 2.16. The van der Waals surface area contributed by atoms with Crippen LogP contribution in [0.4, 0.5) is 5.13 Å². The van der Waals surface area contributed by atoms with E-state index in [2.05, 4.69) is 9.71 Å². The van der Waals surface area contributed by atoms with Gasteiger partial charge in [-0.1, -0.05) is 24.3 Å². The number of aryl methyl sites for hydroxylation is 2. The summed E-state index contributed by atoms with van der Waals surface area (Å²) < 4.78 is 26.7. The first-order chi connectivity index (χ1) is 9.39. The Balaban J connectivity index is 2.14. The van der Waals surface area contributed by atoms with Crippen LogP contribution in [-0.4, -0.2) is 13.4 Å². The second kappa shape index (κ2) is 5.90. The van der Waals surface area contributed by atoms with Crippen LogP contribution in [0.25, 0.3) is 0 Å². The minimum Gasteiger partial charge on any atom is -0.326 e. The zero-order chi connectivity index (χ0) is 14.8. The summed E-state index contributed by atoms with van der Waals surface area (Å²) in [7, 11) is -3.46. The topological polar surface area (TPSA) is 85.1 Å². The molecule has 1 aromatic heterocycles. The average Bonchev–Trinajstić information content (AvgIpc) is 2.66. The van der Waals surface area contributed by atoms with Gasteiger partial charge in [0, 0.05) is 11.4 Å². The molecule has 3 N–H and O–H groups in total. The van der Waals surface area contributed by atoms with Crippen molar-refractivity contribution in [3.8, 4) is 0 Å². The quantitative estimate of drug-likeness (QED) is 0.886. The lowest BCUT2D eigenvalue weighted by Crippen LogP contribution is -2.15. The van der Waals surface area contributed by atoms with Crippen molar-refractivity contribution in [3.63, 3.8) is 0 Å². The molecule has 0 spiro atoms. The van der Waals surface area contributed by atoms with Crippen LogP contribution >= 0.6 is 11.3 Å². The number of sulfonamides is 1. The number of hydrogen-bond donors (Lipinski definition) is 2. The molecular formula is C13H17N3O2S2. The Morgan fingerprint density at radius 2 is 2.00 bits per heavy atom. The number of rotatable bonds is 5. The zero-order valence-electron chi connectivity index (χ0n) is 11.4. The highest BCUT2D eigenvalue weighted by atomic mass is 32.2. The number of aromatic nitrogens is 1. The summed E-state index contributed by atoms with van der Waals surface area (Å²) >= 11 is 1.34. The van der Waals surface area contributed by atoms with Crippen LogP contribution in [0.1, 0.15) is 21.7 Å². The summed E-state index contributed by atoms with van der Waals surface area (Å²) in [6.45, 7) is 4.16. The molecule has 0 amide bonds. The van der Waals surface area contributed by atoms with Crippen molar-refractivity contribution < 1.29 is 8.42 Å². The van der Waals surface area contributed by atoms with Crippen LogP contribution in [-0.2, 0) is 22.3 Å². The number of thiazole rings is 1. The van der Waals surface area contributed by atoms with Gasteiger partial charge in [-0.3, -0.25) is 4.72 Å². The number of nitrogens with two attached hydrogens (primary N) is 1. The van der Waals surface area contributed by atoms with Crippen molar-refractivity contribution in [2.24, 2.45) is 5.73 Å². The molecule has 0 aliphatic carbocycles. The van der Waals surface area contributed by atoms with Gasteiger partial charge in [-0.2, -0.15) is 0 Å². The van der Waals surface area contributed by atoms with Gasteiger partial charge in [0.15, 0.2) is 5.13 Å². The molecule has 1 heterocycles. The highest BCUT2D eigenvalue weighted by Gasteiger charge is 2.15. The minimum absolute atomic E-state index is 0.0848. The number of nitrogens with zero attached hydrogens (tertiary/aromatic N) is 1. The molecule has 0 fully saturated rings. The van der Waals surface area contributed by atoms with Crippen molar-refractivity contribution in [2.75, 3.05) is 4.72 Å². The van der Waals surface area contributed by atoms with E-state index in [4.69, 9.17) is 5.73 Å². The summed E-state index contributed by atoms with van der Waals surface area (Å²) in [5.41, 5.74) is 8.03. The maximum absolute atomic E-state index is 12.1. The molecular weight excluding hydrogens is 294 g/mol. The van der Waals surface area contributed by atoms with Gasteiger partial charge in [0.1, 0.15) is 0 Å². The molecule has 0 unspecified atom stereocenters. The summed E-state index contributed by atoms with van der Waals surface area (Å²) in [6, 6.07) is 7.26. The van der Waals surface area contributed by atoms with Gasteiger partial charge in [-0.05, 0) is 25.0 Å². The standard InChI is InChI=1S/C13H17N3O2S2/c1-9-10(2)19-13(15-9)16-20(17,18)8-12-5-3-4-11(6-12)7-14/h3-6H,7-8,14H2,1-2H3,(H,15,16). The Kier molecular flexibility index (Phi) is 4.42. The van der Waals surface area contributed by atoms with Gasteiger partial charge < -0.3 is 5.73 Å². The van der Waals surface area contributed by atoms with E-state index < -0.39 is 10.0 Å². The predicted molar refractivity (Wildman–Crippen MR) is 82.2 cm³/mol. The van der Waals surface area contributed by atoms with Crippen LogP contribution in [0.15, 0.2) is 24.3 Å². The number of nitrogens with one attached hydrogen (secondary N) is 1. The lowest BCUT2D eigenvalue weighted by Gasteiger charge is -2.06. The molecule has 2 rings (SSSR count). The first kappa shape index (κ1) is 15.0. The Labute approximate surface area is 122 Å². The second-order valence-corrected chi connectivity index (χ2v) is 7.47. The highest BCUT2D eigenvalue weighted by Crippen LogP contribution is 2.23. The third kappa shape index (κ3) is 3.78. The van der Waals surface area contributed by atoms with Crippen molar-refractivity contribution in [1.29, 1.82) is 0 Å². The van der Waals surface area contributed by atoms with Crippen LogP contribution in [0.2, 0.25) is 0 Å². The number of hydrogen-bond acceptors (Lipinski definition) is 5. The van der Waals surface area contributed by atoms with Gasteiger partial charge in [0.25, 0.3) is 0 Å². The van der Waals surface area contributed by atoms with E-state index in [1.54, 1.807) is 12.1 Å². The molecule has 2 aromatic rings. The smallest absolute Gasteiger partial charge is 0.238 e. The molecule has 20 heavy (non-hydrogen) atoms. The van der Waals surface area contributed by atoms with Gasteiger partial charge in [-0.15, -0.1) is 11.3 Å². The summed E-state index contributed by atoms with van der Waals surface area (Å²) in [5.74, 6) is -0.0848. The Morgan fingerprint density at radius 1 is 1.30 bits per heavy atom. The molecule has 108 valence electrons. The SMILES string of the molecule is Cc1nc(NS(=O)(=O)Cc2cccc(CN)c2)sc1C. The molecule has 7 heteroatoms. The van der Waals surface area contributed by atoms with E-state index in [-0.39, 0.29) is 5.75 Å². The maximum atomic E-state index is 12.1. The summed E-state index contributed by atoms with van der Waals surface area (Å²) in [4.78, 5) is 5.19.